The third kappa shape index (κ3) is 1.87. The summed E-state index contributed by atoms with van der Waals surface area (Å²) in [6.45, 7) is 6.41. The molecule has 2 rings (SSSR count). The van der Waals surface area contributed by atoms with Crippen LogP contribution in [0.25, 0.3) is 0 Å². The van der Waals surface area contributed by atoms with Crippen molar-refractivity contribution in [1.29, 1.82) is 0 Å². The highest BCUT2D eigenvalue weighted by Crippen LogP contribution is 2.57. The fraction of sp³-hybridized carbons (Fsp3) is 0.636. The van der Waals surface area contributed by atoms with Gasteiger partial charge >= 0.3 is 0 Å². The lowest BCUT2D eigenvalue weighted by atomic mass is 10.1. The van der Waals surface area contributed by atoms with Gasteiger partial charge in [-0.3, -0.25) is 4.79 Å². The summed E-state index contributed by atoms with van der Waals surface area (Å²) in [5, 5.41) is 0. The smallest absolute Gasteiger partial charge is 0.265 e. The molecular weight excluding hydrogens is 256 g/mol. The van der Waals surface area contributed by atoms with Crippen LogP contribution in [0.15, 0.2) is 9.27 Å². The van der Waals surface area contributed by atoms with Crippen molar-refractivity contribution in [2.24, 2.45) is 5.41 Å². The Morgan fingerprint density at radius 1 is 1.60 bits per heavy atom. The first-order valence-electron chi connectivity index (χ1n) is 5.24. The first-order chi connectivity index (χ1) is 6.95. The maximum atomic E-state index is 11.6. The molecule has 1 aromatic rings. The minimum atomic E-state index is -0.0560. The van der Waals surface area contributed by atoms with Crippen molar-refractivity contribution in [3.05, 3.63) is 26.3 Å². The summed E-state index contributed by atoms with van der Waals surface area (Å²) in [5.74, 6) is 1.27. The highest BCUT2D eigenvalue weighted by Gasteiger charge is 2.48. The van der Waals surface area contributed by atoms with Gasteiger partial charge in [0.1, 0.15) is 10.3 Å². The minimum Gasteiger partial charge on any atom is -0.309 e. The Bertz CT molecular complexity index is 450. The van der Waals surface area contributed by atoms with Crippen LogP contribution in [0.1, 0.15) is 44.6 Å². The zero-order valence-corrected chi connectivity index (χ0v) is 10.8. The van der Waals surface area contributed by atoms with Crippen LogP contribution in [-0.4, -0.2) is 9.97 Å². The second kappa shape index (κ2) is 3.44. The molecule has 1 saturated carbocycles. The number of rotatable bonds is 2. The molecule has 0 radical (unpaired) electrons. The second-order valence-corrected chi connectivity index (χ2v) is 5.60. The lowest BCUT2D eigenvalue weighted by molar-refractivity contribution is 0.605. The Hall–Kier alpha value is -0.640. The van der Waals surface area contributed by atoms with E-state index in [1.165, 1.54) is 0 Å². The lowest BCUT2D eigenvalue weighted by Crippen LogP contribution is -2.15. The molecule has 1 aliphatic carbocycles. The number of hydrogen-bond acceptors (Lipinski definition) is 2. The van der Waals surface area contributed by atoms with E-state index >= 15 is 0 Å². The van der Waals surface area contributed by atoms with Gasteiger partial charge in [-0.25, -0.2) is 4.98 Å². The molecule has 1 unspecified atom stereocenters. The van der Waals surface area contributed by atoms with Crippen LogP contribution in [0, 0.1) is 5.41 Å². The fourth-order valence-electron chi connectivity index (χ4n) is 1.86. The molecular formula is C11H15BrN2O. The predicted octanol–water partition coefficient (Wildman–Crippen LogP) is 2.61. The molecule has 0 aromatic carbocycles. The highest BCUT2D eigenvalue weighted by molar-refractivity contribution is 9.10. The van der Waals surface area contributed by atoms with Crippen molar-refractivity contribution >= 4 is 15.9 Å². The summed E-state index contributed by atoms with van der Waals surface area (Å²) in [6, 6.07) is 0. The molecule has 1 aliphatic rings. The van der Waals surface area contributed by atoms with E-state index < -0.39 is 0 Å². The summed E-state index contributed by atoms with van der Waals surface area (Å²) in [7, 11) is 0. The van der Waals surface area contributed by atoms with E-state index in [1.54, 1.807) is 0 Å². The van der Waals surface area contributed by atoms with Crippen LogP contribution < -0.4 is 5.56 Å². The number of aryl methyl sites for hydroxylation is 1. The molecule has 0 bridgehead atoms. The predicted molar refractivity (Wildman–Crippen MR) is 63.1 cm³/mol. The van der Waals surface area contributed by atoms with E-state index in [-0.39, 0.29) is 5.56 Å². The van der Waals surface area contributed by atoms with Gasteiger partial charge in [-0.1, -0.05) is 20.8 Å². The molecule has 0 amide bonds. The van der Waals surface area contributed by atoms with Gasteiger partial charge in [0, 0.05) is 5.92 Å². The van der Waals surface area contributed by atoms with Gasteiger partial charge in [0.05, 0.1) is 5.69 Å². The van der Waals surface area contributed by atoms with Gasteiger partial charge in [0.15, 0.2) is 0 Å². The molecule has 0 aliphatic heterocycles. The SMILES string of the molecule is CCc1nc(C2CC2(C)C)[nH]c(=O)c1Br. The summed E-state index contributed by atoms with van der Waals surface area (Å²) in [5.41, 5.74) is 1.10. The van der Waals surface area contributed by atoms with E-state index in [4.69, 9.17) is 0 Å². The number of nitrogens with zero attached hydrogens (tertiary/aromatic N) is 1. The van der Waals surface area contributed by atoms with Crippen molar-refractivity contribution in [2.45, 2.75) is 39.5 Å². The Morgan fingerprint density at radius 3 is 2.67 bits per heavy atom. The monoisotopic (exact) mass is 270 g/mol. The summed E-state index contributed by atoms with van der Waals surface area (Å²) in [6.07, 6.45) is 1.89. The zero-order chi connectivity index (χ0) is 11.2. The Kier molecular flexibility index (Phi) is 2.49. The standard InChI is InChI=1S/C11H15BrN2O/c1-4-7-8(12)10(15)14-9(13-7)6-5-11(6,2)3/h6H,4-5H2,1-3H3,(H,13,14,15). The van der Waals surface area contributed by atoms with Crippen LogP contribution in [0.3, 0.4) is 0 Å². The second-order valence-electron chi connectivity index (χ2n) is 4.81. The average Bonchev–Trinajstić information content (AvgIpc) is 2.80. The normalized spacial score (nSPS) is 22.8. The molecule has 1 fully saturated rings. The van der Waals surface area contributed by atoms with E-state index in [1.807, 2.05) is 6.92 Å². The van der Waals surface area contributed by atoms with Crippen molar-refractivity contribution in [2.75, 3.05) is 0 Å². The maximum absolute atomic E-state index is 11.6. The number of H-pyrrole nitrogens is 1. The number of hydrogen-bond donors (Lipinski definition) is 1. The van der Waals surface area contributed by atoms with Crippen molar-refractivity contribution in [3.8, 4) is 0 Å². The Labute approximate surface area is 97.4 Å². The lowest BCUT2D eigenvalue weighted by Gasteiger charge is -2.06. The maximum Gasteiger partial charge on any atom is 0.265 e. The minimum absolute atomic E-state index is 0.0560. The van der Waals surface area contributed by atoms with E-state index in [2.05, 4.69) is 39.7 Å². The zero-order valence-electron chi connectivity index (χ0n) is 9.22. The highest BCUT2D eigenvalue weighted by atomic mass is 79.9. The number of aromatic nitrogens is 2. The largest absolute Gasteiger partial charge is 0.309 e. The van der Waals surface area contributed by atoms with Crippen molar-refractivity contribution in [1.82, 2.24) is 9.97 Å². The Morgan fingerprint density at radius 2 is 2.20 bits per heavy atom. The van der Waals surface area contributed by atoms with Crippen molar-refractivity contribution in [3.63, 3.8) is 0 Å². The van der Waals surface area contributed by atoms with E-state index in [0.717, 1.165) is 24.4 Å². The Balaban J connectivity index is 2.43. The number of halogens is 1. The van der Waals surface area contributed by atoms with Gasteiger partial charge < -0.3 is 4.98 Å². The van der Waals surface area contributed by atoms with Crippen molar-refractivity contribution < 1.29 is 0 Å². The van der Waals surface area contributed by atoms with Gasteiger partial charge in [-0.15, -0.1) is 0 Å². The van der Waals surface area contributed by atoms with E-state index in [0.29, 0.717) is 15.8 Å². The van der Waals surface area contributed by atoms with Gasteiger partial charge in [-0.05, 0) is 34.2 Å². The molecule has 0 spiro atoms. The third-order valence-electron chi connectivity index (χ3n) is 3.13. The summed E-state index contributed by atoms with van der Waals surface area (Å²) < 4.78 is 0.576. The number of aromatic amines is 1. The molecule has 4 heteroatoms. The quantitative estimate of drug-likeness (QED) is 0.898. The first-order valence-corrected chi connectivity index (χ1v) is 6.03. The molecule has 82 valence electrons. The van der Waals surface area contributed by atoms with E-state index in [9.17, 15) is 4.79 Å². The molecule has 1 aromatic heterocycles. The third-order valence-corrected chi connectivity index (χ3v) is 3.95. The molecule has 1 heterocycles. The van der Waals surface area contributed by atoms with Crippen LogP contribution in [0.2, 0.25) is 0 Å². The van der Waals surface area contributed by atoms with Gasteiger partial charge in [-0.2, -0.15) is 0 Å². The average molecular weight is 271 g/mol. The van der Waals surface area contributed by atoms with Crippen LogP contribution in [0.5, 0.6) is 0 Å². The summed E-state index contributed by atoms with van der Waals surface area (Å²) >= 11 is 3.27. The topological polar surface area (TPSA) is 45.8 Å². The first kappa shape index (κ1) is 10.9. The molecule has 15 heavy (non-hydrogen) atoms. The molecule has 0 saturated heterocycles. The fourth-order valence-corrected chi connectivity index (χ4v) is 2.33. The molecule has 1 N–H and O–H groups in total. The van der Waals surface area contributed by atoms with Crippen LogP contribution in [0.4, 0.5) is 0 Å². The molecule has 3 nitrogen and oxygen atoms in total. The van der Waals surface area contributed by atoms with Crippen LogP contribution in [-0.2, 0) is 6.42 Å². The van der Waals surface area contributed by atoms with Crippen LogP contribution >= 0.6 is 15.9 Å². The molecule has 1 atom stereocenters. The summed E-state index contributed by atoms with van der Waals surface area (Å²) in [4.78, 5) is 19.0. The van der Waals surface area contributed by atoms with Gasteiger partial charge in [0.25, 0.3) is 5.56 Å². The van der Waals surface area contributed by atoms with Gasteiger partial charge in [0.2, 0.25) is 0 Å². The number of nitrogens with one attached hydrogen (secondary N) is 1.